The van der Waals surface area contributed by atoms with Crippen LogP contribution in [0.5, 0.6) is 0 Å². The summed E-state index contributed by atoms with van der Waals surface area (Å²) in [6.07, 6.45) is 0.781. The molecule has 0 saturated carbocycles. The van der Waals surface area contributed by atoms with Crippen molar-refractivity contribution >= 4 is 22.0 Å². The Morgan fingerprint density at radius 3 is 2.21 bits per heavy atom. The Morgan fingerprint density at radius 1 is 1.10 bits per heavy atom. The normalized spacial score (nSPS) is 17.1. The molecule has 0 spiro atoms. The SMILES string of the molecule is CC[C@@H](C)NC(=O)NC(=O)C[NH+]1CCN(S(=O)(=O)c2ccc(C(C)C)cc2)CC1. The van der Waals surface area contributed by atoms with Crippen LogP contribution in [-0.2, 0) is 14.8 Å². The van der Waals surface area contributed by atoms with Gasteiger partial charge in [0.05, 0.1) is 31.1 Å². The number of benzene rings is 1. The Morgan fingerprint density at radius 2 is 1.69 bits per heavy atom. The zero-order valence-electron chi connectivity index (χ0n) is 17.7. The molecule has 9 heteroatoms. The van der Waals surface area contributed by atoms with Gasteiger partial charge in [0.2, 0.25) is 10.0 Å². The van der Waals surface area contributed by atoms with E-state index in [0.29, 0.717) is 37.0 Å². The van der Waals surface area contributed by atoms with E-state index in [1.807, 2.05) is 26.0 Å². The Kier molecular flexibility index (Phi) is 8.18. The molecule has 8 nitrogen and oxygen atoms in total. The number of urea groups is 1. The first-order valence-electron chi connectivity index (χ1n) is 10.2. The molecule has 3 N–H and O–H groups in total. The molecule has 162 valence electrons. The van der Waals surface area contributed by atoms with Gasteiger partial charge in [0.1, 0.15) is 0 Å². The minimum absolute atomic E-state index is 0.00139. The third kappa shape index (κ3) is 6.52. The monoisotopic (exact) mass is 425 g/mol. The maximum atomic E-state index is 12.9. The predicted molar refractivity (Wildman–Crippen MR) is 111 cm³/mol. The molecule has 1 fully saturated rings. The van der Waals surface area contributed by atoms with Crippen molar-refractivity contribution in [3.05, 3.63) is 29.8 Å². The number of hydrogen-bond donors (Lipinski definition) is 3. The Bertz CT molecular complexity index is 800. The lowest BCUT2D eigenvalue weighted by atomic mass is 10.0. The molecule has 0 aromatic heterocycles. The Balaban J connectivity index is 1.86. The molecule has 3 amide bonds. The predicted octanol–water partition coefficient (Wildman–Crippen LogP) is 0.324. The van der Waals surface area contributed by atoms with Crippen LogP contribution in [-0.4, -0.2) is 63.4 Å². The van der Waals surface area contributed by atoms with Crippen LogP contribution >= 0.6 is 0 Å². The van der Waals surface area contributed by atoms with Gasteiger partial charge in [-0.3, -0.25) is 10.1 Å². The second-order valence-electron chi connectivity index (χ2n) is 7.89. The molecule has 1 saturated heterocycles. The maximum Gasteiger partial charge on any atom is 0.321 e. The van der Waals surface area contributed by atoms with Crippen molar-refractivity contribution in [2.75, 3.05) is 32.7 Å². The van der Waals surface area contributed by atoms with Gasteiger partial charge in [0.25, 0.3) is 5.91 Å². The first-order valence-corrected chi connectivity index (χ1v) is 11.6. The molecule has 0 aliphatic carbocycles. The molecule has 2 rings (SSSR count). The van der Waals surface area contributed by atoms with Gasteiger partial charge in [0, 0.05) is 6.04 Å². The molecule has 0 radical (unpaired) electrons. The lowest BCUT2D eigenvalue weighted by Crippen LogP contribution is -3.15. The number of sulfonamides is 1. The van der Waals surface area contributed by atoms with Crippen molar-refractivity contribution in [1.82, 2.24) is 14.9 Å². The van der Waals surface area contributed by atoms with Crippen LogP contribution in [0.15, 0.2) is 29.2 Å². The molecule has 1 aromatic carbocycles. The number of piperazine rings is 1. The molecule has 1 aliphatic rings. The summed E-state index contributed by atoms with van der Waals surface area (Å²) in [6, 6.07) is 6.54. The number of rotatable bonds is 7. The minimum atomic E-state index is -3.54. The second kappa shape index (κ2) is 10.2. The van der Waals surface area contributed by atoms with E-state index in [1.54, 1.807) is 12.1 Å². The molecule has 1 heterocycles. The summed E-state index contributed by atoms with van der Waals surface area (Å²) >= 11 is 0. The van der Waals surface area contributed by atoms with Crippen LogP contribution in [0, 0.1) is 0 Å². The van der Waals surface area contributed by atoms with E-state index in [9.17, 15) is 18.0 Å². The van der Waals surface area contributed by atoms with Crippen LogP contribution in [0.1, 0.15) is 45.6 Å². The number of hydrogen-bond acceptors (Lipinski definition) is 4. The highest BCUT2D eigenvalue weighted by Gasteiger charge is 2.31. The maximum absolute atomic E-state index is 12.9. The van der Waals surface area contributed by atoms with Gasteiger partial charge in [-0.05, 0) is 37.0 Å². The number of carbonyl (C=O) groups excluding carboxylic acids is 2. The zero-order valence-corrected chi connectivity index (χ0v) is 18.5. The van der Waals surface area contributed by atoms with Gasteiger partial charge >= 0.3 is 6.03 Å². The van der Waals surface area contributed by atoms with Gasteiger partial charge in [-0.25, -0.2) is 13.2 Å². The van der Waals surface area contributed by atoms with Crippen molar-refractivity contribution in [3.63, 3.8) is 0 Å². The largest absolute Gasteiger partial charge is 0.335 e. The smallest absolute Gasteiger partial charge is 0.321 e. The Hall–Kier alpha value is -1.97. The average molecular weight is 426 g/mol. The van der Waals surface area contributed by atoms with Crippen molar-refractivity contribution in [3.8, 4) is 0 Å². The summed E-state index contributed by atoms with van der Waals surface area (Å²) < 4.78 is 27.2. The third-order valence-corrected chi connectivity index (χ3v) is 7.18. The lowest BCUT2D eigenvalue weighted by molar-refractivity contribution is -0.895. The summed E-state index contributed by atoms with van der Waals surface area (Å²) in [5, 5.41) is 5.02. The standard InChI is InChI=1S/C20H32N4O4S/c1-5-16(4)21-20(26)22-19(25)14-23-10-12-24(13-11-23)29(27,28)18-8-6-17(7-9-18)15(2)3/h6-9,15-16H,5,10-14H2,1-4H3,(H2,21,22,25,26)/p+1/t16-/m1/s1. The number of nitrogens with one attached hydrogen (secondary N) is 3. The van der Waals surface area contributed by atoms with E-state index in [-0.39, 0.29) is 18.5 Å². The van der Waals surface area contributed by atoms with E-state index in [1.165, 1.54) is 4.31 Å². The quantitative estimate of drug-likeness (QED) is 0.586. The molecule has 1 aromatic rings. The third-order valence-electron chi connectivity index (χ3n) is 5.27. The fourth-order valence-electron chi connectivity index (χ4n) is 3.15. The van der Waals surface area contributed by atoms with Gasteiger partial charge < -0.3 is 10.2 Å². The summed E-state index contributed by atoms with van der Waals surface area (Å²) in [7, 11) is -3.54. The van der Waals surface area contributed by atoms with E-state index in [2.05, 4.69) is 24.5 Å². The van der Waals surface area contributed by atoms with Crippen LogP contribution < -0.4 is 15.5 Å². The lowest BCUT2D eigenvalue weighted by Gasteiger charge is -2.31. The van der Waals surface area contributed by atoms with E-state index in [4.69, 9.17) is 0 Å². The molecule has 0 bridgehead atoms. The molecule has 1 aliphatic heterocycles. The van der Waals surface area contributed by atoms with Crippen molar-refractivity contribution in [2.24, 2.45) is 0 Å². The van der Waals surface area contributed by atoms with Crippen LogP contribution in [0.2, 0.25) is 0 Å². The highest BCUT2D eigenvalue weighted by molar-refractivity contribution is 7.89. The second-order valence-corrected chi connectivity index (χ2v) is 9.82. The molecular formula is C20H33N4O4S+. The van der Waals surface area contributed by atoms with Crippen LogP contribution in [0.25, 0.3) is 0 Å². The van der Waals surface area contributed by atoms with Crippen molar-refractivity contribution < 1.29 is 22.9 Å². The molecule has 0 unspecified atom stereocenters. The number of nitrogens with zero attached hydrogens (tertiary/aromatic N) is 1. The van der Waals surface area contributed by atoms with E-state index < -0.39 is 16.1 Å². The first kappa shape index (κ1) is 23.3. The average Bonchev–Trinajstić information content (AvgIpc) is 2.68. The van der Waals surface area contributed by atoms with Crippen LogP contribution in [0.3, 0.4) is 0 Å². The van der Waals surface area contributed by atoms with Crippen molar-refractivity contribution in [2.45, 2.75) is 51.0 Å². The number of amides is 3. The minimum Gasteiger partial charge on any atom is -0.335 e. The number of imide groups is 1. The fourth-order valence-corrected chi connectivity index (χ4v) is 4.59. The number of quaternary nitrogens is 1. The van der Waals surface area contributed by atoms with Gasteiger partial charge in [-0.1, -0.05) is 32.9 Å². The Labute approximate surface area is 173 Å². The van der Waals surface area contributed by atoms with Crippen LogP contribution in [0.4, 0.5) is 4.79 Å². The van der Waals surface area contributed by atoms with Crippen molar-refractivity contribution in [1.29, 1.82) is 0 Å². The summed E-state index contributed by atoms with van der Waals surface area (Å²) in [6.45, 7) is 9.81. The highest BCUT2D eigenvalue weighted by atomic mass is 32.2. The molecular weight excluding hydrogens is 392 g/mol. The summed E-state index contributed by atoms with van der Waals surface area (Å²) in [5.41, 5.74) is 1.10. The van der Waals surface area contributed by atoms with Gasteiger partial charge in [0.15, 0.2) is 6.54 Å². The van der Waals surface area contributed by atoms with Gasteiger partial charge in [-0.15, -0.1) is 0 Å². The van der Waals surface area contributed by atoms with Gasteiger partial charge in [-0.2, -0.15) is 4.31 Å². The summed E-state index contributed by atoms with van der Waals surface area (Å²) in [4.78, 5) is 25.0. The van der Waals surface area contributed by atoms with E-state index in [0.717, 1.165) is 16.9 Å². The topological polar surface area (TPSA) is 100 Å². The molecule has 1 atom stereocenters. The summed E-state index contributed by atoms with van der Waals surface area (Å²) in [5.74, 6) is -0.0151. The number of carbonyl (C=O) groups is 2. The van der Waals surface area contributed by atoms with E-state index >= 15 is 0 Å². The highest BCUT2D eigenvalue weighted by Crippen LogP contribution is 2.20. The fraction of sp³-hybridized carbons (Fsp3) is 0.600. The first-order chi connectivity index (χ1) is 13.6. The molecule has 29 heavy (non-hydrogen) atoms. The zero-order chi connectivity index (χ0) is 21.6.